The van der Waals surface area contributed by atoms with E-state index in [0.29, 0.717) is 0 Å². The lowest BCUT2D eigenvalue weighted by Gasteiger charge is -2.17. The van der Waals surface area contributed by atoms with Crippen molar-refractivity contribution < 1.29 is 49.4 Å². The van der Waals surface area contributed by atoms with Crippen LogP contribution >= 0.6 is 0 Å². The van der Waals surface area contributed by atoms with Gasteiger partial charge in [0, 0.05) is 0 Å². The molecular weight excluding hydrogens is 320 g/mol. The van der Waals surface area contributed by atoms with Crippen LogP contribution in [0.15, 0.2) is 12.2 Å². The Morgan fingerprint density at radius 3 is 1.81 bits per heavy atom. The van der Waals surface area contributed by atoms with Crippen molar-refractivity contribution in [3.8, 4) is 0 Å². The van der Waals surface area contributed by atoms with E-state index in [1.807, 2.05) is 0 Å². The molecule has 0 aliphatic carbocycles. The van der Waals surface area contributed by atoms with Crippen molar-refractivity contribution in [2.24, 2.45) is 0 Å². The summed E-state index contributed by atoms with van der Waals surface area (Å²) in [6, 6.07) is 0. The zero-order valence-electron chi connectivity index (χ0n) is 10.2. The third kappa shape index (κ3) is 6.74. The van der Waals surface area contributed by atoms with Crippen LogP contribution in [-0.2, 0) is 14.3 Å². The van der Waals surface area contributed by atoms with Gasteiger partial charge in [0.2, 0.25) is 0 Å². The minimum absolute atomic E-state index is 0.773. The van der Waals surface area contributed by atoms with E-state index in [2.05, 4.69) is 16.1 Å². The molecule has 0 aliphatic heterocycles. The third-order valence-corrected chi connectivity index (χ3v) is 1.89. The molecule has 0 rings (SSSR count). The van der Waals surface area contributed by atoms with E-state index < -0.39 is 56.1 Å². The van der Waals surface area contributed by atoms with Gasteiger partial charge in [0.25, 0.3) is 0 Å². The Labute approximate surface area is 113 Å². The highest BCUT2D eigenvalue weighted by molar-refractivity contribution is 5.87. The van der Waals surface area contributed by atoms with Gasteiger partial charge in [0.1, 0.15) is 6.61 Å². The molecule has 0 bridgehead atoms. The monoisotopic (exact) mass is 330 g/mol. The van der Waals surface area contributed by atoms with E-state index in [4.69, 9.17) is 0 Å². The number of alkyl halides is 8. The summed E-state index contributed by atoms with van der Waals surface area (Å²) in [4.78, 5) is 11.0. The fraction of sp³-hybridized carbons (Fsp3) is 0.700. The van der Waals surface area contributed by atoms with Crippen LogP contribution in [-0.4, -0.2) is 50.5 Å². The van der Waals surface area contributed by atoms with Crippen LogP contribution in [0.4, 0.5) is 35.1 Å². The molecule has 0 fully saturated rings. The summed E-state index contributed by atoms with van der Waals surface area (Å²) in [7, 11) is 0. The maximum atomic E-state index is 12.4. The van der Waals surface area contributed by atoms with Crippen molar-refractivity contribution in [1.29, 1.82) is 0 Å². The molecule has 0 saturated carbocycles. The van der Waals surface area contributed by atoms with Crippen molar-refractivity contribution in [2.75, 3.05) is 19.8 Å². The van der Waals surface area contributed by atoms with E-state index in [-0.39, 0.29) is 0 Å². The van der Waals surface area contributed by atoms with Gasteiger partial charge >= 0.3 is 30.7 Å². The summed E-state index contributed by atoms with van der Waals surface area (Å²) in [6.07, 6.45) is -8.07. The molecule has 0 saturated heterocycles. The predicted molar refractivity (Wildman–Crippen MR) is 52.8 cm³/mol. The molecule has 0 aromatic heterocycles. The Hall–Kier alpha value is -1.39. The Morgan fingerprint density at radius 1 is 0.952 bits per heavy atom. The van der Waals surface area contributed by atoms with Crippen molar-refractivity contribution in [1.82, 2.24) is 0 Å². The number of rotatable bonds is 9. The largest absolute Gasteiger partial charge is 0.456 e. The van der Waals surface area contributed by atoms with Gasteiger partial charge in [-0.2, -0.15) is 17.6 Å². The second kappa shape index (κ2) is 7.57. The van der Waals surface area contributed by atoms with Gasteiger partial charge in [-0.15, -0.1) is 0 Å². The van der Waals surface area contributed by atoms with Crippen molar-refractivity contribution in [3.05, 3.63) is 12.2 Å². The first-order chi connectivity index (χ1) is 9.40. The zero-order chi connectivity index (χ0) is 16.8. The summed E-state index contributed by atoms with van der Waals surface area (Å²) in [5, 5.41) is 0. The molecule has 0 aromatic rings. The van der Waals surface area contributed by atoms with E-state index in [1.54, 1.807) is 0 Å². The summed E-state index contributed by atoms with van der Waals surface area (Å²) in [5.74, 6) is -10.7. The molecule has 0 spiro atoms. The maximum absolute atomic E-state index is 12.4. The summed E-state index contributed by atoms with van der Waals surface area (Å²) in [6.45, 7) is -1.81. The lowest BCUT2D eigenvalue weighted by atomic mass is 10.3. The number of hydrogen-bond donors (Lipinski definition) is 0. The molecule has 0 aliphatic rings. The molecule has 0 radical (unpaired) electrons. The number of carbonyl (C=O) groups is 1. The highest BCUT2D eigenvalue weighted by Crippen LogP contribution is 2.24. The zero-order valence-corrected chi connectivity index (χ0v) is 10.2. The van der Waals surface area contributed by atoms with Gasteiger partial charge in [-0.05, 0) is 0 Å². The van der Waals surface area contributed by atoms with E-state index in [1.165, 1.54) is 0 Å². The van der Waals surface area contributed by atoms with Crippen molar-refractivity contribution in [3.63, 3.8) is 0 Å². The topological polar surface area (TPSA) is 35.5 Å². The van der Waals surface area contributed by atoms with Crippen molar-refractivity contribution >= 4 is 5.97 Å². The quantitative estimate of drug-likeness (QED) is 0.370. The van der Waals surface area contributed by atoms with Crippen LogP contribution in [0.25, 0.3) is 0 Å². The predicted octanol–water partition coefficient (Wildman–Crippen LogP) is 2.90. The SMILES string of the molecule is C=C(COCC(F)(F)C(F)F)C(=O)OCC(F)(F)C(F)F. The van der Waals surface area contributed by atoms with Crippen LogP contribution < -0.4 is 0 Å². The van der Waals surface area contributed by atoms with Crippen LogP contribution in [0.3, 0.4) is 0 Å². The van der Waals surface area contributed by atoms with Crippen LogP contribution in [0, 0.1) is 0 Å². The van der Waals surface area contributed by atoms with Gasteiger partial charge in [0.05, 0.1) is 12.2 Å². The van der Waals surface area contributed by atoms with Gasteiger partial charge in [-0.25, -0.2) is 22.4 Å². The number of carbonyl (C=O) groups excluding carboxylic acids is 1. The average Bonchev–Trinajstić information content (AvgIpc) is 2.35. The maximum Gasteiger partial charge on any atom is 0.340 e. The van der Waals surface area contributed by atoms with E-state index in [0.717, 1.165) is 0 Å². The molecule has 21 heavy (non-hydrogen) atoms. The fourth-order valence-electron chi connectivity index (χ4n) is 0.759. The second-order valence-electron chi connectivity index (χ2n) is 3.80. The van der Waals surface area contributed by atoms with Gasteiger partial charge < -0.3 is 9.47 Å². The first kappa shape index (κ1) is 19.6. The Bertz CT molecular complexity index is 369. The Kier molecular flexibility index (Phi) is 7.07. The van der Waals surface area contributed by atoms with Gasteiger partial charge in [-0.1, -0.05) is 6.58 Å². The lowest BCUT2D eigenvalue weighted by Crippen LogP contribution is -2.34. The summed E-state index contributed by atoms with van der Waals surface area (Å²) in [5.41, 5.74) is -0.773. The number of esters is 1. The molecule has 0 N–H and O–H groups in total. The molecule has 0 unspecified atom stereocenters. The van der Waals surface area contributed by atoms with Crippen LogP contribution in [0.1, 0.15) is 0 Å². The molecule has 0 aromatic carbocycles. The molecule has 0 amide bonds. The normalized spacial score (nSPS) is 12.9. The minimum atomic E-state index is -4.58. The van der Waals surface area contributed by atoms with Crippen LogP contribution in [0.5, 0.6) is 0 Å². The van der Waals surface area contributed by atoms with Crippen molar-refractivity contribution in [2.45, 2.75) is 24.7 Å². The van der Waals surface area contributed by atoms with E-state index in [9.17, 15) is 39.9 Å². The second-order valence-corrected chi connectivity index (χ2v) is 3.80. The van der Waals surface area contributed by atoms with Gasteiger partial charge in [-0.3, -0.25) is 0 Å². The number of ether oxygens (including phenoxy) is 2. The molecular formula is C10H10F8O3. The standard InChI is InChI=1S/C10H10F8O3/c1-5(2-20-3-9(15,16)7(11)12)6(19)21-4-10(17,18)8(13)14/h7-8H,1-4H2. The van der Waals surface area contributed by atoms with E-state index >= 15 is 0 Å². The Morgan fingerprint density at radius 2 is 1.38 bits per heavy atom. The molecule has 11 heteroatoms. The summed E-state index contributed by atoms with van der Waals surface area (Å²) >= 11 is 0. The Balaban J connectivity index is 4.16. The minimum Gasteiger partial charge on any atom is -0.456 e. The highest BCUT2D eigenvalue weighted by Gasteiger charge is 2.43. The first-order valence-corrected chi connectivity index (χ1v) is 5.14. The fourth-order valence-corrected chi connectivity index (χ4v) is 0.759. The molecule has 0 atom stereocenters. The smallest absolute Gasteiger partial charge is 0.340 e. The molecule has 124 valence electrons. The van der Waals surface area contributed by atoms with Crippen LogP contribution in [0.2, 0.25) is 0 Å². The number of halogens is 8. The number of hydrogen-bond acceptors (Lipinski definition) is 3. The molecule has 0 heterocycles. The average molecular weight is 330 g/mol. The molecule has 3 nitrogen and oxygen atoms in total. The third-order valence-electron chi connectivity index (χ3n) is 1.89. The van der Waals surface area contributed by atoms with Gasteiger partial charge in [0.15, 0.2) is 6.61 Å². The summed E-state index contributed by atoms with van der Waals surface area (Å²) < 4.78 is 104. The first-order valence-electron chi connectivity index (χ1n) is 5.14. The lowest BCUT2D eigenvalue weighted by molar-refractivity contribution is -0.178. The highest BCUT2D eigenvalue weighted by atomic mass is 19.3.